The summed E-state index contributed by atoms with van der Waals surface area (Å²) in [4.78, 5) is 25.4. The Kier molecular flexibility index (Phi) is 4.94. The quantitative estimate of drug-likeness (QED) is 0.928. The molecule has 1 N–H and O–H groups in total. The van der Waals surface area contributed by atoms with Gasteiger partial charge in [0.2, 0.25) is 0 Å². The van der Waals surface area contributed by atoms with Gasteiger partial charge in [-0.2, -0.15) is 5.26 Å². The number of ketones is 1. The number of carbonyl (C=O) groups excluding carboxylic acids is 2. The van der Waals surface area contributed by atoms with Crippen LogP contribution in [-0.2, 0) is 4.79 Å². The maximum absolute atomic E-state index is 12.4. The standard InChI is InChI=1S/C16H19N3O2/c1-12(20)10-15-4-2-3-9-19(15)16(21)18-14-7-5-13(11-17)6-8-14/h5-8,15H,2-4,9-10H2,1H3,(H,18,21). The number of piperidine rings is 1. The molecule has 1 aliphatic rings. The normalized spacial score (nSPS) is 17.9. The molecule has 1 atom stereocenters. The molecule has 5 nitrogen and oxygen atoms in total. The Bertz CT molecular complexity index is 560. The lowest BCUT2D eigenvalue weighted by Gasteiger charge is -2.35. The van der Waals surface area contributed by atoms with Crippen LogP contribution in [0.15, 0.2) is 24.3 Å². The minimum Gasteiger partial charge on any atom is -0.321 e. The third kappa shape index (κ3) is 4.06. The molecule has 1 saturated heterocycles. The highest BCUT2D eigenvalue weighted by Crippen LogP contribution is 2.21. The Morgan fingerprint density at radius 3 is 2.67 bits per heavy atom. The second-order valence-electron chi connectivity index (χ2n) is 5.37. The second kappa shape index (κ2) is 6.89. The summed E-state index contributed by atoms with van der Waals surface area (Å²) in [6.45, 7) is 2.24. The molecule has 0 radical (unpaired) electrons. The molecule has 110 valence electrons. The van der Waals surface area contributed by atoms with Crippen LogP contribution in [0.2, 0.25) is 0 Å². The number of Topliss-reactive ketones (excluding diaryl/α,β-unsaturated/α-hetero) is 1. The molecular weight excluding hydrogens is 266 g/mol. The summed E-state index contributed by atoms with van der Waals surface area (Å²) >= 11 is 0. The predicted molar refractivity (Wildman–Crippen MR) is 79.8 cm³/mol. The number of nitriles is 1. The van der Waals surface area contributed by atoms with E-state index in [9.17, 15) is 9.59 Å². The van der Waals surface area contributed by atoms with E-state index >= 15 is 0 Å². The highest BCUT2D eigenvalue weighted by molar-refractivity contribution is 5.90. The number of carbonyl (C=O) groups is 2. The van der Waals surface area contributed by atoms with E-state index in [1.807, 2.05) is 6.07 Å². The average Bonchev–Trinajstić information content (AvgIpc) is 2.48. The minimum atomic E-state index is -0.175. The number of hydrogen-bond donors (Lipinski definition) is 1. The van der Waals surface area contributed by atoms with Crippen molar-refractivity contribution in [3.05, 3.63) is 29.8 Å². The van der Waals surface area contributed by atoms with Crippen LogP contribution in [0.5, 0.6) is 0 Å². The number of benzene rings is 1. The molecule has 5 heteroatoms. The fraction of sp³-hybridized carbons (Fsp3) is 0.438. The Labute approximate surface area is 124 Å². The molecule has 0 aromatic heterocycles. The lowest BCUT2D eigenvalue weighted by Crippen LogP contribution is -2.46. The molecule has 0 aliphatic carbocycles. The lowest BCUT2D eigenvalue weighted by molar-refractivity contribution is -0.118. The smallest absolute Gasteiger partial charge is 0.321 e. The van der Waals surface area contributed by atoms with Gasteiger partial charge >= 0.3 is 6.03 Å². The highest BCUT2D eigenvalue weighted by atomic mass is 16.2. The summed E-state index contributed by atoms with van der Waals surface area (Å²) < 4.78 is 0. The fourth-order valence-electron chi connectivity index (χ4n) is 2.64. The number of rotatable bonds is 3. The topological polar surface area (TPSA) is 73.2 Å². The Hall–Kier alpha value is -2.35. The monoisotopic (exact) mass is 285 g/mol. The first-order valence-electron chi connectivity index (χ1n) is 7.17. The van der Waals surface area contributed by atoms with Gasteiger partial charge in [-0.1, -0.05) is 0 Å². The molecule has 0 spiro atoms. The SMILES string of the molecule is CC(=O)CC1CCCCN1C(=O)Nc1ccc(C#N)cc1. The van der Waals surface area contributed by atoms with Crippen LogP contribution in [-0.4, -0.2) is 29.3 Å². The van der Waals surface area contributed by atoms with E-state index in [4.69, 9.17) is 5.26 Å². The van der Waals surface area contributed by atoms with Gasteiger partial charge in [-0.15, -0.1) is 0 Å². The average molecular weight is 285 g/mol. The van der Waals surface area contributed by atoms with E-state index in [-0.39, 0.29) is 17.9 Å². The van der Waals surface area contributed by atoms with Gasteiger partial charge < -0.3 is 10.2 Å². The Morgan fingerprint density at radius 2 is 2.05 bits per heavy atom. The Morgan fingerprint density at radius 1 is 1.33 bits per heavy atom. The van der Waals surface area contributed by atoms with E-state index in [2.05, 4.69) is 5.32 Å². The van der Waals surface area contributed by atoms with Crippen molar-refractivity contribution in [2.45, 2.75) is 38.6 Å². The molecule has 0 bridgehead atoms. The van der Waals surface area contributed by atoms with Crippen molar-refractivity contribution in [3.8, 4) is 6.07 Å². The maximum atomic E-state index is 12.4. The predicted octanol–water partition coefficient (Wildman–Crippen LogP) is 2.92. The van der Waals surface area contributed by atoms with Crippen molar-refractivity contribution in [1.29, 1.82) is 5.26 Å². The molecule has 1 heterocycles. The highest BCUT2D eigenvalue weighted by Gasteiger charge is 2.27. The third-order valence-electron chi connectivity index (χ3n) is 3.68. The minimum absolute atomic E-state index is 0.00497. The second-order valence-corrected chi connectivity index (χ2v) is 5.37. The zero-order valence-electron chi connectivity index (χ0n) is 12.1. The molecule has 1 fully saturated rings. The number of anilines is 1. The summed E-state index contributed by atoms with van der Waals surface area (Å²) in [5.74, 6) is 0.109. The van der Waals surface area contributed by atoms with E-state index in [0.717, 1.165) is 19.3 Å². The van der Waals surface area contributed by atoms with E-state index < -0.39 is 0 Å². The molecule has 1 unspecified atom stereocenters. The van der Waals surface area contributed by atoms with Crippen LogP contribution >= 0.6 is 0 Å². The van der Waals surface area contributed by atoms with Gasteiger partial charge in [0.15, 0.2) is 0 Å². The van der Waals surface area contributed by atoms with Gasteiger partial charge in [0.05, 0.1) is 11.6 Å². The summed E-state index contributed by atoms with van der Waals surface area (Å²) in [5, 5.41) is 11.6. The summed E-state index contributed by atoms with van der Waals surface area (Å²) in [7, 11) is 0. The molecule has 21 heavy (non-hydrogen) atoms. The zero-order valence-corrected chi connectivity index (χ0v) is 12.1. The molecule has 1 aliphatic heterocycles. The molecular formula is C16H19N3O2. The first-order valence-corrected chi connectivity index (χ1v) is 7.17. The number of amides is 2. The van der Waals surface area contributed by atoms with E-state index in [0.29, 0.717) is 24.2 Å². The maximum Gasteiger partial charge on any atom is 0.322 e. The van der Waals surface area contributed by atoms with E-state index in [1.54, 1.807) is 36.1 Å². The van der Waals surface area contributed by atoms with Crippen LogP contribution in [0.4, 0.5) is 10.5 Å². The van der Waals surface area contributed by atoms with Crippen molar-refractivity contribution in [2.24, 2.45) is 0 Å². The van der Waals surface area contributed by atoms with Crippen LogP contribution in [0, 0.1) is 11.3 Å². The van der Waals surface area contributed by atoms with Crippen LogP contribution in [0.25, 0.3) is 0 Å². The lowest BCUT2D eigenvalue weighted by atomic mass is 9.98. The van der Waals surface area contributed by atoms with Crippen molar-refractivity contribution < 1.29 is 9.59 Å². The van der Waals surface area contributed by atoms with Crippen LogP contribution < -0.4 is 5.32 Å². The van der Waals surface area contributed by atoms with E-state index in [1.165, 1.54) is 0 Å². The molecule has 2 amide bonds. The van der Waals surface area contributed by atoms with Gasteiger partial charge in [0, 0.05) is 24.7 Å². The molecule has 2 rings (SSSR count). The van der Waals surface area contributed by atoms with Crippen LogP contribution in [0.3, 0.4) is 0 Å². The van der Waals surface area contributed by atoms with Crippen LogP contribution in [0.1, 0.15) is 38.2 Å². The summed E-state index contributed by atoms with van der Waals surface area (Å²) in [6, 6.07) is 8.61. The fourth-order valence-corrected chi connectivity index (χ4v) is 2.64. The Balaban J connectivity index is 2.02. The van der Waals surface area contributed by atoms with Gasteiger partial charge in [-0.25, -0.2) is 4.79 Å². The number of urea groups is 1. The summed E-state index contributed by atoms with van der Waals surface area (Å²) in [5.41, 5.74) is 1.21. The number of nitrogens with zero attached hydrogens (tertiary/aromatic N) is 2. The zero-order chi connectivity index (χ0) is 15.2. The van der Waals surface area contributed by atoms with Crippen molar-refractivity contribution in [1.82, 2.24) is 4.90 Å². The van der Waals surface area contributed by atoms with Crippen molar-refractivity contribution >= 4 is 17.5 Å². The number of likely N-dealkylation sites (tertiary alicyclic amines) is 1. The number of hydrogen-bond acceptors (Lipinski definition) is 3. The van der Waals surface area contributed by atoms with Gasteiger partial charge in [-0.3, -0.25) is 4.79 Å². The molecule has 1 aromatic carbocycles. The van der Waals surface area contributed by atoms with Gasteiger partial charge in [-0.05, 0) is 50.5 Å². The number of nitrogens with one attached hydrogen (secondary N) is 1. The van der Waals surface area contributed by atoms with Gasteiger partial charge in [0.25, 0.3) is 0 Å². The molecule has 0 saturated carbocycles. The first-order chi connectivity index (χ1) is 10.1. The van der Waals surface area contributed by atoms with Crippen molar-refractivity contribution in [3.63, 3.8) is 0 Å². The van der Waals surface area contributed by atoms with Crippen molar-refractivity contribution in [2.75, 3.05) is 11.9 Å². The molecule has 1 aromatic rings. The van der Waals surface area contributed by atoms with Gasteiger partial charge in [0.1, 0.15) is 5.78 Å². The third-order valence-corrected chi connectivity index (χ3v) is 3.68. The first kappa shape index (κ1) is 15.0. The largest absolute Gasteiger partial charge is 0.322 e. The summed E-state index contributed by atoms with van der Waals surface area (Å²) in [6.07, 6.45) is 3.31.